The third-order valence-corrected chi connectivity index (χ3v) is 3.47. The Morgan fingerprint density at radius 1 is 1.42 bits per heavy atom. The Morgan fingerprint density at radius 3 is 2.74 bits per heavy atom. The molecule has 19 heavy (non-hydrogen) atoms. The summed E-state index contributed by atoms with van der Waals surface area (Å²) in [6.07, 6.45) is 1.17. The first-order chi connectivity index (χ1) is 8.81. The number of rotatable bonds is 4. The quantitative estimate of drug-likeness (QED) is 0.917. The molecule has 2 aromatic rings. The van der Waals surface area contributed by atoms with Crippen LogP contribution in [0, 0.1) is 5.41 Å². The van der Waals surface area contributed by atoms with Crippen LogP contribution in [0.4, 0.5) is 0 Å². The summed E-state index contributed by atoms with van der Waals surface area (Å²) in [5, 5.41) is 9.07. The Bertz CT molecular complexity index is 678. The van der Waals surface area contributed by atoms with Crippen LogP contribution in [0.1, 0.15) is 25.8 Å². The van der Waals surface area contributed by atoms with Crippen LogP contribution >= 0.6 is 0 Å². The fourth-order valence-corrected chi connectivity index (χ4v) is 1.90. The first kappa shape index (κ1) is 13.4. The molecule has 0 aliphatic heterocycles. The molecule has 0 bridgehead atoms. The summed E-state index contributed by atoms with van der Waals surface area (Å²) < 4.78 is 6.55. The van der Waals surface area contributed by atoms with Crippen LogP contribution in [-0.2, 0) is 18.3 Å². The zero-order valence-corrected chi connectivity index (χ0v) is 11.3. The van der Waals surface area contributed by atoms with Gasteiger partial charge in [0, 0.05) is 7.05 Å². The predicted molar refractivity (Wildman–Crippen MR) is 71.2 cm³/mol. The van der Waals surface area contributed by atoms with Crippen LogP contribution in [0.15, 0.2) is 27.4 Å². The van der Waals surface area contributed by atoms with E-state index in [0.29, 0.717) is 18.4 Å². The minimum absolute atomic E-state index is 0.391. The molecule has 1 aromatic heterocycles. The van der Waals surface area contributed by atoms with Gasteiger partial charge in [-0.25, -0.2) is 4.79 Å². The van der Waals surface area contributed by atoms with E-state index in [9.17, 15) is 9.59 Å². The average Bonchev–Trinajstić information content (AvgIpc) is 2.62. The van der Waals surface area contributed by atoms with E-state index in [-0.39, 0.29) is 0 Å². The van der Waals surface area contributed by atoms with Gasteiger partial charge in [-0.2, -0.15) is 0 Å². The SMILES string of the molecule is Cn1c(=O)oc2cc(CCC(C)(C)C(=O)O)ccc21. The molecule has 0 radical (unpaired) electrons. The monoisotopic (exact) mass is 263 g/mol. The maximum absolute atomic E-state index is 11.4. The molecule has 0 aliphatic rings. The molecule has 0 unspecified atom stereocenters. The molecule has 5 heteroatoms. The third-order valence-electron chi connectivity index (χ3n) is 3.47. The zero-order chi connectivity index (χ0) is 14.2. The van der Waals surface area contributed by atoms with Crippen molar-refractivity contribution in [3.63, 3.8) is 0 Å². The molecule has 1 N–H and O–H groups in total. The summed E-state index contributed by atoms with van der Waals surface area (Å²) in [7, 11) is 1.65. The molecule has 0 spiro atoms. The number of oxazole rings is 1. The van der Waals surface area contributed by atoms with E-state index in [0.717, 1.165) is 11.1 Å². The Labute approximate surface area is 110 Å². The van der Waals surface area contributed by atoms with Gasteiger partial charge in [0.05, 0.1) is 10.9 Å². The minimum Gasteiger partial charge on any atom is -0.481 e. The molecule has 5 nitrogen and oxygen atoms in total. The summed E-state index contributed by atoms with van der Waals surface area (Å²) in [5.74, 6) is -1.20. The van der Waals surface area contributed by atoms with Gasteiger partial charge in [0.1, 0.15) is 0 Å². The molecule has 0 amide bonds. The van der Waals surface area contributed by atoms with Crippen molar-refractivity contribution in [2.75, 3.05) is 0 Å². The number of aliphatic carboxylic acids is 1. The van der Waals surface area contributed by atoms with Crippen molar-refractivity contribution in [2.24, 2.45) is 12.5 Å². The number of aromatic nitrogens is 1. The number of benzene rings is 1. The normalized spacial score (nSPS) is 11.9. The molecule has 2 rings (SSSR count). The Kier molecular flexibility index (Phi) is 3.22. The van der Waals surface area contributed by atoms with Gasteiger partial charge in [0.2, 0.25) is 0 Å². The average molecular weight is 263 g/mol. The van der Waals surface area contributed by atoms with Crippen molar-refractivity contribution < 1.29 is 14.3 Å². The second-order valence-corrected chi connectivity index (χ2v) is 5.42. The lowest BCUT2D eigenvalue weighted by atomic mass is 9.86. The molecular formula is C14H17NO4. The molecule has 1 aromatic carbocycles. The number of nitrogens with zero attached hydrogens (tertiary/aromatic N) is 1. The molecule has 102 valence electrons. The number of hydrogen-bond acceptors (Lipinski definition) is 3. The Morgan fingerprint density at radius 2 is 2.11 bits per heavy atom. The van der Waals surface area contributed by atoms with Gasteiger partial charge in [0.15, 0.2) is 5.58 Å². The lowest BCUT2D eigenvalue weighted by molar-refractivity contribution is -0.147. The topological polar surface area (TPSA) is 72.4 Å². The highest BCUT2D eigenvalue weighted by molar-refractivity contribution is 5.74. The minimum atomic E-state index is -0.806. The third kappa shape index (κ3) is 2.54. The van der Waals surface area contributed by atoms with Gasteiger partial charge >= 0.3 is 11.7 Å². The van der Waals surface area contributed by atoms with E-state index in [4.69, 9.17) is 9.52 Å². The zero-order valence-electron chi connectivity index (χ0n) is 11.3. The first-order valence-corrected chi connectivity index (χ1v) is 6.13. The highest BCUT2D eigenvalue weighted by Crippen LogP contribution is 2.24. The van der Waals surface area contributed by atoms with Crippen LogP contribution in [0.2, 0.25) is 0 Å². The van der Waals surface area contributed by atoms with E-state index in [1.807, 2.05) is 12.1 Å². The lowest BCUT2D eigenvalue weighted by Gasteiger charge is -2.18. The number of fused-ring (bicyclic) bond motifs is 1. The standard InChI is InChI=1S/C14H17NO4/c1-14(2,12(16)17)7-6-9-4-5-10-11(8-9)19-13(18)15(10)3/h4-5,8H,6-7H2,1-3H3,(H,16,17). The molecule has 0 fully saturated rings. The second-order valence-electron chi connectivity index (χ2n) is 5.42. The van der Waals surface area contributed by atoms with Crippen molar-refractivity contribution >= 4 is 17.1 Å². The van der Waals surface area contributed by atoms with Crippen molar-refractivity contribution in [1.82, 2.24) is 4.57 Å². The van der Waals surface area contributed by atoms with Crippen LogP contribution in [0.5, 0.6) is 0 Å². The van der Waals surface area contributed by atoms with Crippen LogP contribution in [0.25, 0.3) is 11.1 Å². The van der Waals surface area contributed by atoms with Gasteiger partial charge in [-0.1, -0.05) is 6.07 Å². The summed E-state index contributed by atoms with van der Waals surface area (Å²) in [6.45, 7) is 3.41. The maximum atomic E-state index is 11.4. The van der Waals surface area contributed by atoms with Crippen LogP contribution in [-0.4, -0.2) is 15.6 Å². The van der Waals surface area contributed by atoms with Crippen LogP contribution < -0.4 is 5.76 Å². The summed E-state index contributed by atoms with van der Waals surface area (Å²) in [4.78, 5) is 22.4. The fraction of sp³-hybridized carbons (Fsp3) is 0.429. The first-order valence-electron chi connectivity index (χ1n) is 6.13. The number of carboxylic acids is 1. The fourth-order valence-electron chi connectivity index (χ4n) is 1.90. The van der Waals surface area contributed by atoms with E-state index < -0.39 is 17.1 Å². The Hall–Kier alpha value is -2.04. The Balaban J connectivity index is 2.23. The molecule has 0 atom stereocenters. The van der Waals surface area contributed by atoms with Gasteiger partial charge in [0.25, 0.3) is 0 Å². The van der Waals surface area contributed by atoms with E-state index in [1.54, 1.807) is 27.0 Å². The number of aryl methyl sites for hydroxylation is 2. The smallest absolute Gasteiger partial charge is 0.419 e. The maximum Gasteiger partial charge on any atom is 0.419 e. The summed E-state index contributed by atoms with van der Waals surface area (Å²) in [5.41, 5.74) is 1.49. The summed E-state index contributed by atoms with van der Waals surface area (Å²) >= 11 is 0. The van der Waals surface area contributed by atoms with Crippen molar-refractivity contribution in [3.05, 3.63) is 34.3 Å². The van der Waals surface area contributed by atoms with E-state index in [1.165, 1.54) is 4.57 Å². The van der Waals surface area contributed by atoms with Gasteiger partial charge in [-0.15, -0.1) is 0 Å². The molecule has 0 aliphatic carbocycles. The van der Waals surface area contributed by atoms with Gasteiger partial charge in [-0.05, 0) is 44.4 Å². The number of hydrogen-bond donors (Lipinski definition) is 1. The highest BCUT2D eigenvalue weighted by Gasteiger charge is 2.26. The number of carboxylic acid groups (broad SMARTS) is 1. The van der Waals surface area contributed by atoms with Crippen LogP contribution in [0.3, 0.4) is 0 Å². The van der Waals surface area contributed by atoms with E-state index >= 15 is 0 Å². The molecule has 0 saturated carbocycles. The summed E-state index contributed by atoms with van der Waals surface area (Å²) in [6, 6.07) is 5.52. The van der Waals surface area contributed by atoms with Crippen molar-refractivity contribution in [1.29, 1.82) is 0 Å². The van der Waals surface area contributed by atoms with E-state index in [2.05, 4.69) is 0 Å². The lowest BCUT2D eigenvalue weighted by Crippen LogP contribution is -2.24. The van der Waals surface area contributed by atoms with Gasteiger partial charge in [-0.3, -0.25) is 9.36 Å². The molecule has 0 saturated heterocycles. The van der Waals surface area contributed by atoms with Gasteiger partial charge < -0.3 is 9.52 Å². The molecule has 1 heterocycles. The van der Waals surface area contributed by atoms with Crippen molar-refractivity contribution in [3.8, 4) is 0 Å². The predicted octanol–water partition coefficient (Wildman–Crippen LogP) is 2.17. The molecular weight excluding hydrogens is 246 g/mol. The van der Waals surface area contributed by atoms with Crippen molar-refractivity contribution in [2.45, 2.75) is 26.7 Å². The largest absolute Gasteiger partial charge is 0.481 e. The highest BCUT2D eigenvalue weighted by atomic mass is 16.4. The second kappa shape index (κ2) is 4.57. The number of carbonyl (C=O) groups is 1.